The van der Waals surface area contributed by atoms with Crippen LogP contribution < -0.4 is 20.5 Å². The van der Waals surface area contributed by atoms with Gasteiger partial charge in [0.15, 0.2) is 11.5 Å². The molecule has 2 unspecified atom stereocenters. The van der Waals surface area contributed by atoms with Crippen LogP contribution in [0.4, 0.5) is 0 Å². The number of aliphatic hydroxyl groups is 1. The second-order valence-electron chi connectivity index (χ2n) is 5.25. The Hall–Kier alpha value is -0.820. The summed E-state index contributed by atoms with van der Waals surface area (Å²) in [7, 11) is 0. The van der Waals surface area contributed by atoms with Gasteiger partial charge in [0, 0.05) is 25.2 Å². The van der Waals surface area contributed by atoms with Gasteiger partial charge in [-0.25, -0.2) is 0 Å². The minimum atomic E-state index is 0.0471. The Morgan fingerprint density at radius 3 is 2.86 bits per heavy atom. The average molecular weight is 359 g/mol. The zero-order valence-electron chi connectivity index (χ0n) is 12.3. The minimum absolute atomic E-state index is 0.0471. The number of aliphatic hydroxyl groups excluding tert-OH is 1. The Balaban J connectivity index is 2.12. The lowest BCUT2D eigenvalue weighted by atomic mass is 10.0. The summed E-state index contributed by atoms with van der Waals surface area (Å²) in [5.41, 5.74) is 6.98. The average Bonchev–Trinajstić information content (AvgIpc) is 2.50. The second-order valence-corrected chi connectivity index (χ2v) is 6.10. The molecule has 1 aromatic carbocycles. The molecule has 0 saturated heterocycles. The minimum Gasteiger partial charge on any atom is -0.486 e. The standard InChI is InChI=1S/C15H23BrN2O3/c1-10(3-2-4-19)18-13(9-17)11-7-12(16)15-14(8-11)20-5-6-21-15/h7-8,10,13,18-19H,2-6,9,17H2,1H3. The van der Waals surface area contributed by atoms with Crippen LogP contribution in [0.3, 0.4) is 0 Å². The van der Waals surface area contributed by atoms with Crippen LogP contribution in [-0.4, -0.2) is 37.5 Å². The number of nitrogens with two attached hydrogens (primary N) is 1. The van der Waals surface area contributed by atoms with E-state index in [4.69, 9.17) is 20.3 Å². The Morgan fingerprint density at radius 2 is 2.14 bits per heavy atom. The Kier molecular flexibility index (Phi) is 6.29. The van der Waals surface area contributed by atoms with Crippen LogP contribution in [0.5, 0.6) is 11.5 Å². The molecule has 2 rings (SSSR count). The topological polar surface area (TPSA) is 76.7 Å². The van der Waals surface area contributed by atoms with Gasteiger partial charge >= 0.3 is 0 Å². The first kappa shape index (κ1) is 16.5. The number of halogens is 1. The van der Waals surface area contributed by atoms with Crippen LogP contribution in [0.1, 0.15) is 31.4 Å². The molecule has 0 spiro atoms. The Bertz CT molecular complexity index is 470. The molecule has 0 aromatic heterocycles. The normalized spacial score (nSPS) is 16.6. The fourth-order valence-corrected chi connectivity index (χ4v) is 3.03. The third kappa shape index (κ3) is 4.32. The fourth-order valence-electron chi connectivity index (χ4n) is 2.46. The number of benzene rings is 1. The van der Waals surface area contributed by atoms with Gasteiger partial charge in [-0.3, -0.25) is 0 Å². The number of ether oxygens (including phenoxy) is 2. The van der Waals surface area contributed by atoms with Crippen molar-refractivity contribution in [2.24, 2.45) is 5.73 Å². The van der Waals surface area contributed by atoms with E-state index in [0.717, 1.165) is 34.4 Å². The van der Waals surface area contributed by atoms with Gasteiger partial charge in [0.25, 0.3) is 0 Å². The number of fused-ring (bicyclic) bond motifs is 1. The molecule has 0 radical (unpaired) electrons. The highest BCUT2D eigenvalue weighted by Gasteiger charge is 2.20. The zero-order chi connectivity index (χ0) is 15.2. The highest BCUT2D eigenvalue weighted by molar-refractivity contribution is 9.10. The molecule has 0 amide bonds. The molecule has 1 heterocycles. The third-order valence-electron chi connectivity index (χ3n) is 3.54. The molecule has 118 valence electrons. The van der Waals surface area contributed by atoms with Crippen LogP contribution in [0.15, 0.2) is 16.6 Å². The van der Waals surface area contributed by atoms with E-state index in [0.29, 0.717) is 19.8 Å². The number of nitrogens with one attached hydrogen (secondary N) is 1. The van der Waals surface area contributed by atoms with Gasteiger partial charge in [-0.2, -0.15) is 0 Å². The zero-order valence-corrected chi connectivity index (χ0v) is 13.9. The smallest absolute Gasteiger partial charge is 0.175 e. The summed E-state index contributed by atoms with van der Waals surface area (Å²) in [5.74, 6) is 1.52. The molecule has 1 aromatic rings. The molecule has 6 heteroatoms. The molecule has 21 heavy (non-hydrogen) atoms. The maximum atomic E-state index is 8.90. The van der Waals surface area contributed by atoms with Crippen molar-refractivity contribution < 1.29 is 14.6 Å². The maximum Gasteiger partial charge on any atom is 0.175 e. The van der Waals surface area contributed by atoms with E-state index in [9.17, 15) is 0 Å². The predicted molar refractivity (Wildman–Crippen MR) is 85.8 cm³/mol. The van der Waals surface area contributed by atoms with Crippen molar-refractivity contribution in [3.05, 3.63) is 22.2 Å². The van der Waals surface area contributed by atoms with Gasteiger partial charge in [0.2, 0.25) is 0 Å². The molecular formula is C15H23BrN2O3. The summed E-state index contributed by atoms with van der Waals surface area (Å²) in [5, 5.41) is 12.4. The van der Waals surface area contributed by atoms with Gasteiger partial charge in [-0.05, 0) is 53.4 Å². The molecule has 0 saturated carbocycles. The summed E-state index contributed by atoms with van der Waals surface area (Å²) in [6, 6.07) is 4.35. The lowest BCUT2D eigenvalue weighted by Gasteiger charge is -2.25. The first-order valence-electron chi connectivity index (χ1n) is 7.31. The number of hydrogen-bond donors (Lipinski definition) is 3. The monoisotopic (exact) mass is 358 g/mol. The lowest BCUT2D eigenvalue weighted by Crippen LogP contribution is -2.35. The van der Waals surface area contributed by atoms with Crippen LogP contribution in [0.25, 0.3) is 0 Å². The Morgan fingerprint density at radius 1 is 1.38 bits per heavy atom. The van der Waals surface area contributed by atoms with Crippen LogP contribution in [0, 0.1) is 0 Å². The van der Waals surface area contributed by atoms with Crippen molar-refractivity contribution in [1.29, 1.82) is 0 Å². The molecule has 4 N–H and O–H groups in total. The molecule has 1 aliphatic heterocycles. The number of rotatable bonds is 7. The van der Waals surface area contributed by atoms with Crippen molar-refractivity contribution in [1.82, 2.24) is 5.32 Å². The summed E-state index contributed by atoms with van der Waals surface area (Å²) < 4.78 is 12.1. The summed E-state index contributed by atoms with van der Waals surface area (Å²) in [6.07, 6.45) is 1.70. The van der Waals surface area contributed by atoms with E-state index in [1.165, 1.54) is 0 Å². The van der Waals surface area contributed by atoms with Crippen LogP contribution >= 0.6 is 15.9 Å². The van der Waals surface area contributed by atoms with Crippen LogP contribution in [-0.2, 0) is 0 Å². The highest BCUT2D eigenvalue weighted by atomic mass is 79.9. The first-order valence-corrected chi connectivity index (χ1v) is 8.11. The Labute approximate surface area is 133 Å². The van der Waals surface area contributed by atoms with E-state index in [-0.39, 0.29) is 18.7 Å². The van der Waals surface area contributed by atoms with Gasteiger partial charge in [-0.15, -0.1) is 0 Å². The van der Waals surface area contributed by atoms with Gasteiger partial charge in [-0.1, -0.05) is 0 Å². The van der Waals surface area contributed by atoms with Crippen LogP contribution in [0.2, 0.25) is 0 Å². The van der Waals surface area contributed by atoms with Crippen molar-refractivity contribution in [3.8, 4) is 11.5 Å². The molecule has 2 atom stereocenters. The lowest BCUT2D eigenvalue weighted by molar-refractivity contribution is 0.170. The van der Waals surface area contributed by atoms with E-state index >= 15 is 0 Å². The summed E-state index contributed by atoms with van der Waals surface area (Å²) in [4.78, 5) is 0. The van der Waals surface area contributed by atoms with E-state index < -0.39 is 0 Å². The molecule has 0 aliphatic carbocycles. The third-order valence-corrected chi connectivity index (χ3v) is 4.13. The largest absolute Gasteiger partial charge is 0.486 e. The molecule has 5 nitrogen and oxygen atoms in total. The summed E-state index contributed by atoms with van der Waals surface area (Å²) >= 11 is 3.53. The van der Waals surface area contributed by atoms with Crippen molar-refractivity contribution in [2.75, 3.05) is 26.4 Å². The van der Waals surface area contributed by atoms with Crippen molar-refractivity contribution >= 4 is 15.9 Å². The van der Waals surface area contributed by atoms with Crippen molar-refractivity contribution in [3.63, 3.8) is 0 Å². The molecule has 0 bridgehead atoms. The maximum absolute atomic E-state index is 8.90. The molecule has 0 fully saturated rings. The number of hydrogen-bond acceptors (Lipinski definition) is 5. The fraction of sp³-hybridized carbons (Fsp3) is 0.600. The van der Waals surface area contributed by atoms with Gasteiger partial charge < -0.3 is 25.6 Å². The second kappa shape index (κ2) is 7.98. The molecular weight excluding hydrogens is 336 g/mol. The first-order chi connectivity index (χ1) is 10.2. The van der Waals surface area contributed by atoms with Gasteiger partial charge in [0.05, 0.1) is 4.47 Å². The van der Waals surface area contributed by atoms with E-state index in [1.807, 2.05) is 12.1 Å². The quantitative estimate of drug-likeness (QED) is 0.694. The molecule has 1 aliphatic rings. The predicted octanol–water partition coefficient (Wildman–Crippen LogP) is 1.97. The van der Waals surface area contributed by atoms with Gasteiger partial charge in [0.1, 0.15) is 13.2 Å². The SMILES string of the molecule is CC(CCCO)NC(CN)c1cc(Br)c2c(c1)OCCO2. The summed E-state index contributed by atoms with van der Waals surface area (Å²) in [6.45, 7) is 3.95. The highest BCUT2D eigenvalue weighted by Crippen LogP contribution is 2.39. The van der Waals surface area contributed by atoms with E-state index in [1.54, 1.807) is 0 Å². The van der Waals surface area contributed by atoms with Crippen molar-refractivity contribution in [2.45, 2.75) is 31.8 Å². The van der Waals surface area contributed by atoms with E-state index in [2.05, 4.69) is 28.2 Å².